The van der Waals surface area contributed by atoms with Crippen molar-refractivity contribution in [3.05, 3.63) is 46.8 Å². The van der Waals surface area contributed by atoms with Crippen LogP contribution >= 0.6 is 0 Å². The maximum atomic E-state index is 12.4. The van der Waals surface area contributed by atoms with Gasteiger partial charge in [0.05, 0.1) is 17.1 Å². The van der Waals surface area contributed by atoms with Crippen molar-refractivity contribution < 1.29 is 13.2 Å². The van der Waals surface area contributed by atoms with Crippen LogP contribution in [0.4, 0.5) is 0 Å². The van der Waals surface area contributed by atoms with Crippen molar-refractivity contribution in [1.29, 1.82) is 0 Å². The molecule has 1 aromatic heterocycles. The first-order chi connectivity index (χ1) is 11.5. The molecule has 1 atom stereocenters. The maximum absolute atomic E-state index is 12.4. The quantitative estimate of drug-likeness (QED) is 0.749. The van der Waals surface area contributed by atoms with E-state index in [2.05, 4.69) is 20.2 Å². The van der Waals surface area contributed by atoms with Crippen molar-refractivity contribution in [3.8, 4) is 0 Å². The van der Waals surface area contributed by atoms with Gasteiger partial charge in [-0.05, 0) is 42.9 Å². The topological polar surface area (TPSA) is 104 Å². The Bertz CT molecular complexity index is 904. The van der Waals surface area contributed by atoms with E-state index < -0.39 is 16.1 Å². The molecule has 1 aliphatic heterocycles. The summed E-state index contributed by atoms with van der Waals surface area (Å²) in [6, 6.07) is 5.96. The molecule has 24 heavy (non-hydrogen) atoms. The highest BCUT2D eigenvalue weighted by Crippen LogP contribution is 2.24. The molecular formula is C16H18N4O3S. The van der Waals surface area contributed by atoms with Gasteiger partial charge in [0.2, 0.25) is 15.9 Å². The van der Waals surface area contributed by atoms with Gasteiger partial charge in [-0.15, -0.1) is 0 Å². The smallest absolute Gasteiger partial charge is 0.241 e. The van der Waals surface area contributed by atoms with Crippen LogP contribution in [0.15, 0.2) is 29.2 Å². The summed E-state index contributed by atoms with van der Waals surface area (Å²) in [5, 5.41) is 10.0. The number of amides is 1. The highest BCUT2D eigenvalue weighted by molar-refractivity contribution is 7.89. The molecule has 0 bridgehead atoms. The van der Waals surface area contributed by atoms with Gasteiger partial charge in [0.15, 0.2) is 0 Å². The Morgan fingerprint density at radius 1 is 1.29 bits per heavy atom. The molecule has 0 saturated carbocycles. The average Bonchev–Trinajstić information content (AvgIpc) is 3.16. The molecule has 0 saturated heterocycles. The van der Waals surface area contributed by atoms with Crippen LogP contribution in [0.25, 0.3) is 0 Å². The molecule has 8 heteroatoms. The Labute approximate surface area is 139 Å². The van der Waals surface area contributed by atoms with Crippen molar-refractivity contribution in [1.82, 2.24) is 20.2 Å². The number of nitrogens with zero attached hydrogens (tertiary/aromatic N) is 1. The average molecular weight is 346 g/mol. The minimum atomic E-state index is -3.65. The number of H-pyrrole nitrogens is 1. The third kappa shape index (κ3) is 2.61. The Balaban J connectivity index is 1.48. The number of carbonyl (C=O) groups excluding carboxylic acids is 1. The van der Waals surface area contributed by atoms with Crippen LogP contribution in [-0.4, -0.2) is 30.6 Å². The summed E-state index contributed by atoms with van der Waals surface area (Å²) in [6.07, 6.45) is 3.42. The number of aromatic nitrogens is 2. The number of fused-ring (bicyclic) bond motifs is 2. The van der Waals surface area contributed by atoms with Crippen molar-refractivity contribution >= 4 is 15.9 Å². The fraction of sp³-hybridized carbons (Fsp3) is 0.375. The first-order valence-electron chi connectivity index (χ1n) is 7.97. The van der Waals surface area contributed by atoms with Crippen LogP contribution in [0.2, 0.25) is 0 Å². The van der Waals surface area contributed by atoms with E-state index in [1.165, 1.54) is 5.56 Å². The van der Waals surface area contributed by atoms with E-state index in [0.717, 1.165) is 30.7 Å². The van der Waals surface area contributed by atoms with Gasteiger partial charge in [0.1, 0.15) is 6.04 Å². The van der Waals surface area contributed by atoms with Gasteiger partial charge in [0.25, 0.3) is 0 Å². The number of sulfonamides is 1. The summed E-state index contributed by atoms with van der Waals surface area (Å²) in [5.41, 5.74) is 3.84. The van der Waals surface area contributed by atoms with Crippen molar-refractivity contribution in [3.63, 3.8) is 0 Å². The minimum absolute atomic E-state index is 0.249. The van der Waals surface area contributed by atoms with E-state index in [4.69, 9.17) is 0 Å². The van der Waals surface area contributed by atoms with E-state index in [-0.39, 0.29) is 10.8 Å². The molecule has 2 heterocycles. The van der Waals surface area contributed by atoms with Crippen molar-refractivity contribution in [2.24, 2.45) is 0 Å². The van der Waals surface area contributed by atoms with E-state index in [1.54, 1.807) is 24.3 Å². The number of aromatic amines is 1. The van der Waals surface area contributed by atoms with Gasteiger partial charge in [-0.2, -0.15) is 9.82 Å². The predicted molar refractivity (Wildman–Crippen MR) is 86.7 cm³/mol. The molecule has 1 aromatic carbocycles. The summed E-state index contributed by atoms with van der Waals surface area (Å²) in [6.45, 7) is 0.310. The first-order valence-corrected chi connectivity index (χ1v) is 9.46. The lowest BCUT2D eigenvalue weighted by atomic mass is 10.1. The van der Waals surface area contributed by atoms with Crippen molar-refractivity contribution in [2.45, 2.75) is 43.2 Å². The number of benzene rings is 1. The second-order valence-electron chi connectivity index (χ2n) is 6.18. The molecule has 7 nitrogen and oxygen atoms in total. The molecule has 126 valence electrons. The summed E-state index contributed by atoms with van der Waals surface area (Å²) in [5.74, 6) is -0.331. The molecule has 1 unspecified atom stereocenters. The van der Waals surface area contributed by atoms with E-state index in [1.807, 2.05) is 0 Å². The molecule has 3 N–H and O–H groups in total. The number of carbonyl (C=O) groups is 1. The molecule has 0 spiro atoms. The van der Waals surface area contributed by atoms with E-state index >= 15 is 0 Å². The molecule has 1 aliphatic carbocycles. The zero-order chi connectivity index (χ0) is 16.7. The van der Waals surface area contributed by atoms with E-state index in [9.17, 15) is 13.2 Å². The highest BCUT2D eigenvalue weighted by atomic mass is 32.2. The second kappa shape index (κ2) is 5.71. The van der Waals surface area contributed by atoms with Crippen LogP contribution in [-0.2, 0) is 40.6 Å². The summed E-state index contributed by atoms with van der Waals surface area (Å²) < 4.78 is 27.0. The number of aryl methyl sites for hydroxylation is 1. The molecule has 2 aliphatic rings. The largest absolute Gasteiger partial charge is 0.349 e. The fourth-order valence-corrected chi connectivity index (χ4v) is 4.87. The zero-order valence-corrected chi connectivity index (χ0v) is 13.8. The summed E-state index contributed by atoms with van der Waals surface area (Å²) >= 11 is 0. The second-order valence-corrected chi connectivity index (χ2v) is 7.87. The SMILES string of the molecule is O=C(NCc1n[nH]c2c1CCC2)C1Cc2ccccc2S(=O)(=O)N1. The Kier molecular flexibility index (Phi) is 3.65. The monoisotopic (exact) mass is 346 g/mol. The Hall–Kier alpha value is -2.19. The first kappa shape index (κ1) is 15.3. The van der Waals surface area contributed by atoms with Crippen LogP contribution in [0.3, 0.4) is 0 Å². The lowest BCUT2D eigenvalue weighted by Gasteiger charge is -2.25. The normalized spacial score (nSPS) is 21.1. The Morgan fingerprint density at radius 2 is 2.12 bits per heavy atom. The molecule has 0 radical (unpaired) electrons. The lowest BCUT2D eigenvalue weighted by Crippen LogP contribution is -2.50. The Morgan fingerprint density at radius 3 is 3.00 bits per heavy atom. The van der Waals surface area contributed by atoms with Gasteiger partial charge in [0, 0.05) is 5.69 Å². The van der Waals surface area contributed by atoms with Gasteiger partial charge in [-0.3, -0.25) is 9.89 Å². The van der Waals surface area contributed by atoms with Gasteiger partial charge >= 0.3 is 0 Å². The number of hydrogen-bond acceptors (Lipinski definition) is 4. The molecule has 1 amide bonds. The highest BCUT2D eigenvalue weighted by Gasteiger charge is 2.33. The van der Waals surface area contributed by atoms with Crippen LogP contribution < -0.4 is 10.0 Å². The van der Waals surface area contributed by atoms with Crippen LogP contribution in [0.1, 0.15) is 28.9 Å². The van der Waals surface area contributed by atoms with Crippen LogP contribution in [0, 0.1) is 0 Å². The van der Waals surface area contributed by atoms with Gasteiger partial charge < -0.3 is 5.32 Å². The van der Waals surface area contributed by atoms with Gasteiger partial charge in [-0.1, -0.05) is 18.2 Å². The van der Waals surface area contributed by atoms with Gasteiger partial charge in [-0.25, -0.2) is 8.42 Å². The van der Waals surface area contributed by atoms with E-state index in [0.29, 0.717) is 18.5 Å². The third-order valence-electron chi connectivity index (χ3n) is 4.62. The zero-order valence-electron chi connectivity index (χ0n) is 13.0. The number of rotatable bonds is 3. The molecule has 0 fully saturated rings. The molecular weight excluding hydrogens is 328 g/mol. The predicted octanol–water partition coefficient (Wildman–Crippen LogP) is 0.418. The fourth-order valence-electron chi connectivity index (χ4n) is 3.42. The third-order valence-corrected chi connectivity index (χ3v) is 6.19. The lowest BCUT2D eigenvalue weighted by molar-refractivity contribution is -0.122. The van der Waals surface area contributed by atoms with Crippen molar-refractivity contribution in [2.75, 3.05) is 0 Å². The number of hydrogen-bond donors (Lipinski definition) is 3. The standard InChI is InChI=1S/C16H18N4O3S/c21-16(17-9-14-11-5-3-6-12(11)18-19-14)13-8-10-4-1-2-7-15(10)24(22,23)20-13/h1-2,4,7,13,20H,3,5-6,8-9H2,(H,17,21)(H,18,19). The summed E-state index contributed by atoms with van der Waals surface area (Å²) in [4.78, 5) is 12.7. The maximum Gasteiger partial charge on any atom is 0.241 e. The minimum Gasteiger partial charge on any atom is -0.349 e. The summed E-state index contributed by atoms with van der Waals surface area (Å²) in [7, 11) is -3.65. The van der Waals surface area contributed by atoms with Crippen LogP contribution in [0.5, 0.6) is 0 Å². The number of nitrogens with one attached hydrogen (secondary N) is 3. The molecule has 4 rings (SSSR count). The molecule has 2 aromatic rings.